The van der Waals surface area contributed by atoms with E-state index in [4.69, 9.17) is 34.8 Å². The normalized spacial score (nSPS) is 13.0. The summed E-state index contributed by atoms with van der Waals surface area (Å²) in [6, 6.07) is 10.8. The lowest BCUT2D eigenvalue weighted by molar-refractivity contribution is 0.307. The summed E-state index contributed by atoms with van der Waals surface area (Å²) in [6.07, 6.45) is 1.57. The maximum Gasteiger partial charge on any atom is 0.143 e. The summed E-state index contributed by atoms with van der Waals surface area (Å²) in [5, 5.41) is 11.3. The van der Waals surface area contributed by atoms with Gasteiger partial charge in [-0.2, -0.15) is 0 Å². The van der Waals surface area contributed by atoms with Crippen LogP contribution in [0.15, 0.2) is 41.4 Å². The van der Waals surface area contributed by atoms with Gasteiger partial charge in [-0.25, -0.2) is 0 Å². The molecule has 0 bridgehead atoms. The van der Waals surface area contributed by atoms with E-state index < -0.39 is 0 Å². The van der Waals surface area contributed by atoms with Gasteiger partial charge in [-0.1, -0.05) is 53.0 Å². The van der Waals surface area contributed by atoms with E-state index in [2.05, 4.69) is 4.99 Å². The first kappa shape index (κ1) is 18.1. The van der Waals surface area contributed by atoms with Crippen molar-refractivity contribution in [3.63, 3.8) is 0 Å². The van der Waals surface area contributed by atoms with Crippen LogP contribution in [-0.2, 0) is 0 Å². The van der Waals surface area contributed by atoms with Crippen molar-refractivity contribution in [3.05, 3.63) is 62.6 Å². The van der Waals surface area contributed by atoms with Gasteiger partial charge >= 0.3 is 0 Å². The Hall–Kier alpha value is -1.26. The maximum atomic E-state index is 9.94. The van der Waals surface area contributed by atoms with Gasteiger partial charge in [0.25, 0.3) is 0 Å². The second kappa shape index (κ2) is 8.02. The smallest absolute Gasteiger partial charge is 0.143 e. The average Bonchev–Trinajstić information content (AvgIpc) is 2.49. The summed E-state index contributed by atoms with van der Waals surface area (Å²) in [4.78, 5) is 6.47. The van der Waals surface area contributed by atoms with E-state index in [1.54, 1.807) is 12.3 Å². The molecule has 0 spiro atoms. The van der Waals surface area contributed by atoms with Gasteiger partial charge < -0.3 is 10.0 Å². The molecule has 2 rings (SSSR count). The molecule has 0 saturated carbocycles. The van der Waals surface area contributed by atoms with Crippen LogP contribution in [0.25, 0.3) is 0 Å². The van der Waals surface area contributed by atoms with Crippen LogP contribution in [0.3, 0.4) is 0 Å². The lowest BCUT2D eigenvalue weighted by Gasteiger charge is -2.24. The molecule has 0 aromatic heterocycles. The number of phenolic OH excluding ortho intramolecular Hbond substituents is 1. The molecule has 122 valence electrons. The van der Waals surface area contributed by atoms with Gasteiger partial charge in [0, 0.05) is 21.8 Å². The highest BCUT2D eigenvalue weighted by atomic mass is 35.5. The maximum absolute atomic E-state index is 9.94. The Kier molecular flexibility index (Phi) is 6.31. The fraction of sp³-hybridized carbons (Fsp3) is 0.235. The zero-order valence-electron chi connectivity index (χ0n) is 12.8. The highest BCUT2D eigenvalue weighted by molar-refractivity contribution is 6.36. The summed E-state index contributed by atoms with van der Waals surface area (Å²) in [7, 11) is 3.94. The number of hydrogen-bond acceptors (Lipinski definition) is 3. The van der Waals surface area contributed by atoms with Gasteiger partial charge in [0.15, 0.2) is 0 Å². The number of nitrogens with zero attached hydrogens (tertiary/aromatic N) is 2. The molecule has 2 aromatic rings. The van der Waals surface area contributed by atoms with E-state index in [-0.39, 0.29) is 16.8 Å². The Morgan fingerprint density at radius 3 is 2.48 bits per heavy atom. The molecule has 0 radical (unpaired) electrons. The van der Waals surface area contributed by atoms with Crippen molar-refractivity contribution < 1.29 is 5.11 Å². The first-order valence-corrected chi connectivity index (χ1v) is 8.12. The molecule has 3 nitrogen and oxygen atoms in total. The molecule has 0 fully saturated rings. The molecule has 0 heterocycles. The summed E-state index contributed by atoms with van der Waals surface area (Å²) in [5.74, 6) is -0.0287. The van der Waals surface area contributed by atoms with Crippen LogP contribution in [0.4, 0.5) is 0 Å². The molecule has 0 aliphatic rings. The van der Waals surface area contributed by atoms with E-state index in [0.717, 1.165) is 5.56 Å². The fourth-order valence-corrected chi connectivity index (χ4v) is 2.99. The third-order valence-electron chi connectivity index (χ3n) is 3.45. The second-order valence-corrected chi connectivity index (χ2v) is 6.57. The number of hydrogen-bond donors (Lipinski definition) is 1. The zero-order chi connectivity index (χ0) is 17.0. The summed E-state index contributed by atoms with van der Waals surface area (Å²) < 4.78 is 0. The minimum absolute atomic E-state index is 0.0248. The molecule has 23 heavy (non-hydrogen) atoms. The molecule has 1 N–H and O–H groups in total. The van der Waals surface area contributed by atoms with Crippen LogP contribution in [0, 0.1) is 0 Å². The quantitative estimate of drug-likeness (QED) is 0.744. The van der Waals surface area contributed by atoms with Crippen molar-refractivity contribution in [3.8, 4) is 5.75 Å². The van der Waals surface area contributed by atoms with Gasteiger partial charge in [-0.05, 0) is 37.9 Å². The first-order chi connectivity index (χ1) is 10.9. The van der Waals surface area contributed by atoms with Crippen molar-refractivity contribution in [1.29, 1.82) is 0 Å². The molecule has 2 aromatic carbocycles. The summed E-state index contributed by atoms with van der Waals surface area (Å²) in [6.45, 7) is 0.486. The highest BCUT2D eigenvalue weighted by Gasteiger charge is 2.16. The lowest BCUT2D eigenvalue weighted by atomic mass is 10.1. The minimum atomic E-state index is -0.0287. The SMILES string of the molecule is CN(C)[C@@H](CN=Cc1cc(Cl)cc(Cl)c1O)c1ccccc1Cl. The Bertz CT molecular complexity index is 717. The molecule has 6 heteroatoms. The summed E-state index contributed by atoms with van der Waals surface area (Å²) in [5.41, 5.74) is 1.49. The Morgan fingerprint density at radius 1 is 1.13 bits per heavy atom. The Morgan fingerprint density at radius 2 is 1.83 bits per heavy atom. The minimum Gasteiger partial charge on any atom is -0.506 e. The van der Waals surface area contributed by atoms with Crippen molar-refractivity contribution in [2.24, 2.45) is 4.99 Å². The lowest BCUT2D eigenvalue weighted by Crippen LogP contribution is -2.23. The van der Waals surface area contributed by atoms with Crippen LogP contribution in [0.1, 0.15) is 17.2 Å². The molecular weight excluding hydrogens is 355 g/mol. The second-order valence-electron chi connectivity index (χ2n) is 5.32. The van der Waals surface area contributed by atoms with E-state index >= 15 is 0 Å². The third kappa shape index (κ3) is 4.61. The third-order valence-corrected chi connectivity index (χ3v) is 4.30. The molecule has 0 amide bonds. The molecule has 0 saturated heterocycles. The van der Waals surface area contributed by atoms with Crippen LogP contribution >= 0.6 is 34.8 Å². The van der Waals surface area contributed by atoms with E-state index in [9.17, 15) is 5.11 Å². The Balaban J connectivity index is 2.22. The van der Waals surface area contributed by atoms with E-state index in [1.807, 2.05) is 43.3 Å². The first-order valence-electron chi connectivity index (χ1n) is 6.99. The average molecular weight is 372 g/mol. The van der Waals surface area contributed by atoms with Gasteiger partial charge in [-0.3, -0.25) is 4.99 Å². The number of rotatable bonds is 5. The van der Waals surface area contributed by atoms with E-state index in [0.29, 0.717) is 22.2 Å². The molecule has 1 atom stereocenters. The number of aliphatic imine (C=N–C) groups is 1. The molecule has 0 aliphatic carbocycles. The fourth-order valence-electron chi connectivity index (χ4n) is 2.22. The topological polar surface area (TPSA) is 35.8 Å². The van der Waals surface area contributed by atoms with Gasteiger partial charge in [0.1, 0.15) is 5.75 Å². The van der Waals surface area contributed by atoms with Crippen molar-refractivity contribution >= 4 is 41.0 Å². The molecule has 0 unspecified atom stereocenters. The molecular formula is C17H17Cl3N2O. The van der Waals surface area contributed by atoms with Crippen molar-refractivity contribution in [2.45, 2.75) is 6.04 Å². The predicted molar refractivity (Wildman–Crippen MR) is 98.5 cm³/mol. The number of benzene rings is 2. The predicted octanol–water partition coefficient (Wildman–Crippen LogP) is 5.07. The highest BCUT2D eigenvalue weighted by Crippen LogP contribution is 2.30. The zero-order valence-corrected chi connectivity index (χ0v) is 15.1. The van der Waals surface area contributed by atoms with E-state index in [1.165, 1.54) is 6.07 Å². The largest absolute Gasteiger partial charge is 0.506 e. The molecule has 0 aliphatic heterocycles. The number of aromatic hydroxyl groups is 1. The van der Waals surface area contributed by atoms with Gasteiger partial charge in [-0.15, -0.1) is 0 Å². The van der Waals surface area contributed by atoms with Crippen molar-refractivity contribution in [2.75, 3.05) is 20.6 Å². The van der Waals surface area contributed by atoms with Gasteiger partial charge in [0.2, 0.25) is 0 Å². The number of halogens is 3. The van der Waals surface area contributed by atoms with Crippen LogP contribution in [-0.4, -0.2) is 36.9 Å². The standard InChI is InChI=1S/C17H17Cl3N2O/c1-22(2)16(13-5-3-4-6-14(13)19)10-21-9-11-7-12(18)8-15(20)17(11)23/h3-9,16,23H,10H2,1-2H3/t16-/m0/s1. The van der Waals surface area contributed by atoms with Crippen molar-refractivity contribution in [1.82, 2.24) is 4.90 Å². The number of likely N-dealkylation sites (N-methyl/N-ethyl adjacent to an activating group) is 1. The van der Waals surface area contributed by atoms with Crippen LogP contribution < -0.4 is 0 Å². The Labute approximate surface area is 151 Å². The van der Waals surface area contributed by atoms with Crippen LogP contribution in [0.2, 0.25) is 15.1 Å². The van der Waals surface area contributed by atoms with Crippen LogP contribution in [0.5, 0.6) is 5.75 Å². The number of phenols is 1. The van der Waals surface area contributed by atoms with Gasteiger partial charge in [0.05, 0.1) is 17.6 Å². The monoisotopic (exact) mass is 370 g/mol. The summed E-state index contributed by atoms with van der Waals surface area (Å²) >= 11 is 18.1.